The molecule has 2 N–H and O–H groups in total. The summed E-state index contributed by atoms with van der Waals surface area (Å²) in [5.74, 6) is 0.947. The molecule has 8 nitrogen and oxygen atoms in total. The number of halogens is 1. The molecule has 0 unspecified atom stereocenters. The fourth-order valence-corrected chi connectivity index (χ4v) is 5.96. The average molecular weight is 591 g/mol. The van der Waals surface area contributed by atoms with Crippen LogP contribution in [0.4, 0.5) is 4.39 Å². The number of benzene rings is 2. The van der Waals surface area contributed by atoms with Gasteiger partial charge in [-0.15, -0.1) is 0 Å². The Balaban J connectivity index is 1.21. The van der Waals surface area contributed by atoms with Gasteiger partial charge >= 0.3 is 0 Å². The molecule has 4 aromatic heterocycles. The summed E-state index contributed by atoms with van der Waals surface area (Å²) in [4.78, 5) is 14.7. The largest absolute Gasteiger partial charge is 0.492 e. The molecule has 1 saturated carbocycles. The molecule has 0 aliphatic heterocycles. The summed E-state index contributed by atoms with van der Waals surface area (Å²) < 4.78 is 26.8. The van der Waals surface area contributed by atoms with Crippen molar-refractivity contribution in [3.05, 3.63) is 79.0 Å². The third-order valence-corrected chi connectivity index (χ3v) is 8.22. The highest BCUT2D eigenvalue weighted by Gasteiger charge is 2.18. The molecule has 0 amide bonds. The van der Waals surface area contributed by atoms with Crippen molar-refractivity contribution in [2.75, 3.05) is 27.2 Å². The number of rotatable bonds is 9. The Morgan fingerprint density at radius 3 is 2.61 bits per heavy atom. The molecule has 1 aliphatic rings. The van der Waals surface area contributed by atoms with Gasteiger partial charge in [0.1, 0.15) is 29.6 Å². The van der Waals surface area contributed by atoms with Crippen molar-refractivity contribution < 1.29 is 13.9 Å². The lowest BCUT2D eigenvalue weighted by molar-refractivity contribution is 0.154. The van der Waals surface area contributed by atoms with Crippen molar-refractivity contribution in [1.29, 1.82) is 0 Å². The van der Waals surface area contributed by atoms with Crippen molar-refractivity contribution in [3.63, 3.8) is 0 Å². The van der Waals surface area contributed by atoms with E-state index < -0.39 is 0 Å². The molecule has 0 bridgehead atoms. The predicted molar refractivity (Wildman–Crippen MR) is 171 cm³/mol. The number of nitrogens with one attached hydrogen (secondary N) is 2. The second-order valence-corrected chi connectivity index (χ2v) is 11.8. The van der Waals surface area contributed by atoms with Crippen LogP contribution in [-0.2, 0) is 0 Å². The minimum absolute atomic E-state index is 0.248. The number of nitrogens with zero attached hydrogens (tertiary/aromatic N) is 4. The zero-order valence-electron chi connectivity index (χ0n) is 24.9. The van der Waals surface area contributed by atoms with Crippen LogP contribution >= 0.6 is 0 Å². The Morgan fingerprint density at radius 2 is 1.75 bits per heavy atom. The standard InChI is InChI=1S/C35H35FN6O2/c1-42(2)11-12-43-26-14-22(13-24(36)16-26)28-9-6-10-31-29(28)17-33(39-31)35-30-18-32(38-21-34(30)40-41-35)23-15-27(20-37-19-23)44-25-7-4-3-5-8-25/h6,9-10,13-21,25,39H,3-5,7-8,11-12H2,1-2H3,(H,40,41). The molecular formula is C35H35FN6O2. The van der Waals surface area contributed by atoms with E-state index in [1.54, 1.807) is 18.5 Å². The second-order valence-electron chi connectivity index (χ2n) is 11.8. The van der Waals surface area contributed by atoms with Crippen molar-refractivity contribution in [2.45, 2.75) is 38.2 Å². The summed E-state index contributed by atoms with van der Waals surface area (Å²) >= 11 is 0. The lowest BCUT2D eigenvalue weighted by atomic mass is 9.98. The van der Waals surface area contributed by atoms with E-state index in [2.05, 4.69) is 31.2 Å². The smallest absolute Gasteiger partial charge is 0.138 e. The maximum atomic E-state index is 14.7. The minimum atomic E-state index is -0.337. The highest BCUT2D eigenvalue weighted by Crippen LogP contribution is 2.36. The average Bonchev–Trinajstić information content (AvgIpc) is 3.65. The number of aromatic amines is 2. The lowest BCUT2D eigenvalue weighted by Gasteiger charge is -2.22. The molecule has 7 rings (SSSR count). The van der Waals surface area contributed by atoms with Gasteiger partial charge in [0.2, 0.25) is 0 Å². The molecule has 0 radical (unpaired) electrons. The quantitative estimate of drug-likeness (QED) is 0.180. The third-order valence-electron chi connectivity index (χ3n) is 8.22. The Morgan fingerprint density at radius 1 is 0.886 bits per heavy atom. The molecule has 4 heterocycles. The van der Waals surface area contributed by atoms with E-state index in [1.807, 2.05) is 61.6 Å². The van der Waals surface area contributed by atoms with Crippen LogP contribution in [0.25, 0.3) is 55.6 Å². The van der Waals surface area contributed by atoms with Crippen LogP contribution < -0.4 is 9.47 Å². The summed E-state index contributed by atoms with van der Waals surface area (Å²) in [5.41, 5.74) is 6.73. The Labute approximate surface area is 255 Å². The van der Waals surface area contributed by atoms with E-state index in [0.717, 1.165) is 80.7 Å². The number of ether oxygens (including phenoxy) is 2. The van der Waals surface area contributed by atoms with Gasteiger partial charge in [-0.3, -0.25) is 15.1 Å². The van der Waals surface area contributed by atoms with Gasteiger partial charge in [0.05, 0.1) is 35.4 Å². The summed E-state index contributed by atoms with van der Waals surface area (Å²) in [7, 11) is 3.96. The van der Waals surface area contributed by atoms with Gasteiger partial charge in [0.25, 0.3) is 0 Å². The van der Waals surface area contributed by atoms with Crippen molar-refractivity contribution in [1.82, 2.24) is 30.0 Å². The normalized spacial score (nSPS) is 14.1. The van der Waals surface area contributed by atoms with Gasteiger partial charge in [-0.1, -0.05) is 18.6 Å². The van der Waals surface area contributed by atoms with E-state index in [-0.39, 0.29) is 11.9 Å². The first kappa shape index (κ1) is 28.0. The lowest BCUT2D eigenvalue weighted by Crippen LogP contribution is -2.19. The highest BCUT2D eigenvalue weighted by atomic mass is 19.1. The zero-order chi connectivity index (χ0) is 30.0. The number of H-pyrrole nitrogens is 2. The molecule has 224 valence electrons. The van der Waals surface area contributed by atoms with Gasteiger partial charge < -0.3 is 19.4 Å². The molecule has 2 aromatic carbocycles. The number of fused-ring (bicyclic) bond motifs is 2. The van der Waals surface area contributed by atoms with Crippen molar-refractivity contribution in [2.24, 2.45) is 0 Å². The zero-order valence-corrected chi connectivity index (χ0v) is 24.9. The second kappa shape index (κ2) is 12.1. The van der Waals surface area contributed by atoms with Gasteiger partial charge in [0, 0.05) is 40.7 Å². The number of hydrogen-bond donors (Lipinski definition) is 2. The fourth-order valence-electron chi connectivity index (χ4n) is 5.96. The molecule has 0 spiro atoms. The maximum absolute atomic E-state index is 14.7. The Kier molecular flexibility index (Phi) is 7.70. The summed E-state index contributed by atoms with van der Waals surface area (Å²) in [6.45, 7) is 1.22. The Bertz CT molecular complexity index is 1920. The minimum Gasteiger partial charge on any atom is -0.492 e. The van der Waals surface area contributed by atoms with Crippen LogP contribution in [0, 0.1) is 5.82 Å². The first-order valence-electron chi connectivity index (χ1n) is 15.2. The molecule has 6 aromatic rings. The van der Waals surface area contributed by atoms with Gasteiger partial charge in [-0.25, -0.2) is 4.39 Å². The van der Waals surface area contributed by atoms with E-state index in [0.29, 0.717) is 12.4 Å². The molecule has 1 fully saturated rings. The van der Waals surface area contributed by atoms with Gasteiger partial charge in [0.15, 0.2) is 0 Å². The maximum Gasteiger partial charge on any atom is 0.138 e. The van der Waals surface area contributed by atoms with Crippen molar-refractivity contribution in [3.8, 4) is 45.3 Å². The molecule has 44 heavy (non-hydrogen) atoms. The van der Waals surface area contributed by atoms with Crippen LogP contribution in [0.5, 0.6) is 11.5 Å². The third kappa shape index (κ3) is 5.88. The summed E-state index contributed by atoms with van der Waals surface area (Å²) in [6, 6.07) is 17.0. The van der Waals surface area contributed by atoms with Crippen LogP contribution in [0.3, 0.4) is 0 Å². The molecule has 0 atom stereocenters. The molecule has 9 heteroatoms. The summed E-state index contributed by atoms with van der Waals surface area (Å²) in [6.07, 6.45) is 11.5. The van der Waals surface area contributed by atoms with Gasteiger partial charge in [-0.2, -0.15) is 5.10 Å². The predicted octanol–water partition coefficient (Wildman–Crippen LogP) is 7.63. The van der Waals surface area contributed by atoms with Crippen LogP contribution in [-0.4, -0.2) is 63.4 Å². The number of pyridine rings is 2. The Hall–Kier alpha value is -4.76. The molecule has 0 saturated heterocycles. The molecule has 1 aliphatic carbocycles. The van der Waals surface area contributed by atoms with E-state index in [1.165, 1.54) is 25.3 Å². The topological polar surface area (TPSA) is 92.0 Å². The highest BCUT2D eigenvalue weighted by molar-refractivity contribution is 6.01. The molecular weight excluding hydrogens is 555 g/mol. The first-order chi connectivity index (χ1) is 21.5. The van der Waals surface area contributed by atoms with Crippen LogP contribution in [0.15, 0.2) is 73.2 Å². The fraction of sp³-hybridized carbons (Fsp3) is 0.286. The monoisotopic (exact) mass is 590 g/mol. The summed E-state index contributed by atoms with van der Waals surface area (Å²) in [5, 5.41) is 9.67. The first-order valence-corrected chi connectivity index (χ1v) is 15.2. The van der Waals surface area contributed by atoms with E-state index in [4.69, 9.17) is 9.47 Å². The van der Waals surface area contributed by atoms with Crippen molar-refractivity contribution >= 4 is 21.8 Å². The van der Waals surface area contributed by atoms with Crippen LogP contribution in [0.1, 0.15) is 32.1 Å². The van der Waals surface area contributed by atoms with E-state index >= 15 is 0 Å². The number of aromatic nitrogens is 5. The number of likely N-dealkylation sites (N-methyl/N-ethyl adjacent to an activating group) is 1. The van der Waals surface area contributed by atoms with Gasteiger partial charge in [-0.05, 0) is 87.3 Å². The van der Waals surface area contributed by atoms with Crippen LogP contribution in [0.2, 0.25) is 0 Å². The van der Waals surface area contributed by atoms with E-state index in [9.17, 15) is 4.39 Å². The SMILES string of the molecule is CN(C)CCOc1cc(F)cc(-c2cccc3[nH]c(-c4n[nH]c5cnc(-c6cncc(OC7CCCCC7)c6)cc45)cc23)c1. The number of hydrogen-bond acceptors (Lipinski definition) is 6.